The zero-order chi connectivity index (χ0) is 19.1. The molecule has 1 amide bonds. The number of piperidine rings is 1. The first kappa shape index (κ1) is 18.6. The molecule has 2 aromatic rings. The van der Waals surface area contributed by atoms with Gasteiger partial charge in [0.25, 0.3) is 5.91 Å². The van der Waals surface area contributed by atoms with E-state index in [1.54, 1.807) is 0 Å². The molecule has 1 saturated heterocycles. The Hall–Kier alpha value is -2.18. The summed E-state index contributed by atoms with van der Waals surface area (Å²) in [7, 11) is 0. The van der Waals surface area contributed by atoms with Gasteiger partial charge in [-0.1, -0.05) is 29.8 Å². The molecular weight excluding hydrogens is 350 g/mol. The summed E-state index contributed by atoms with van der Waals surface area (Å²) < 4.78 is 0. The second-order valence-corrected chi connectivity index (χ2v) is 7.65. The van der Waals surface area contributed by atoms with E-state index in [0.29, 0.717) is 22.2 Å². The predicted molar refractivity (Wildman–Crippen MR) is 105 cm³/mol. The van der Waals surface area contributed by atoms with Crippen LogP contribution in [0, 0.1) is 13.8 Å². The van der Waals surface area contributed by atoms with E-state index in [1.165, 1.54) is 0 Å². The van der Waals surface area contributed by atoms with Crippen molar-refractivity contribution in [1.82, 2.24) is 9.97 Å². The number of carbonyl (C=O) groups excluding carboxylic acids is 1. The molecule has 1 fully saturated rings. The number of rotatable bonds is 3. The third-order valence-corrected chi connectivity index (χ3v) is 5.46. The number of benzene rings is 1. The molecule has 1 aliphatic heterocycles. The molecule has 0 aliphatic carbocycles. The van der Waals surface area contributed by atoms with E-state index in [2.05, 4.69) is 14.9 Å². The van der Waals surface area contributed by atoms with Gasteiger partial charge in [-0.3, -0.25) is 4.79 Å². The largest absolute Gasteiger partial charge is 0.364 e. The fraction of sp³-hybridized carbons (Fsp3) is 0.421. The molecule has 1 aliphatic rings. The van der Waals surface area contributed by atoms with Crippen LogP contribution in [-0.4, -0.2) is 34.5 Å². The van der Waals surface area contributed by atoms with Crippen LogP contribution >= 0.6 is 11.6 Å². The smallest absolute Gasteiger partial charge is 0.268 e. The quantitative estimate of drug-likeness (QED) is 0.861. The molecule has 0 atom stereocenters. The average Bonchev–Trinajstić information content (AvgIpc) is 2.57. The molecule has 0 saturated carbocycles. The van der Waals surface area contributed by atoms with E-state index in [0.717, 1.165) is 37.1 Å². The maximum atomic E-state index is 12.1. The van der Waals surface area contributed by atoms with Crippen LogP contribution in [0.4, 0.5) is 5.95 Å². The molecule has 1 aromatic carbocycles. The Bertz CT molecular complexity index is 855. The van der Waals surface area contributed by atoms with Crippen molar-refractivity contribution in [1.29, 1.82) is 0 Å². The number of anilines is 1. The number of amides is 1. The normalized spacial score (nSPS) is 16.6. The van der Waals surface area contributed by atoms with Crippen molar-refractivity contribution in [3.05, 3.63) is 40.2 Å². The van der Waals surface area contributed by atoms with Crippen molar-refractivity contribution in [3.63, 3.8) is 0 Å². The summed E-state index contributed by atoms with van der Waals surface area (Å²) in [5.74, 6) is -0.0793. The van der Waals surface area contributed by atoms with Gasteiger partial charge in [0, 0.05) is 29.8 Å². The number of hydrogen-bond acceptors (Lipinski definition) is 5. The lowest BCUT2D eigenvalue weighted by molar-refractivity contribution is 0.0996. The van der Waals surface area contributed by atoms with Gasteiger partial charge in [-0.25, -0.2) is 9.97 Å². The first-order chi connectivity index (χ1) is 12.2. The highest BCUT2D eigenvalue weighted by Gasteiger charge is 2.28. The fourth-order valence-electron chi connectivity index (χ4n) is 3.26. The van der Waals surface area contributed by atoms with Crippen molar-refractivity contribution >= 4 is 23.5 Å². The third kappa shape index (κ3) is 3.52. The lowest BCUT2D eigenvalue weighted by Gasteiger charge is -2.37. The highest BCUT2D eigenvalue weighted by Crippen LogP contribution is 2.35. The second kappa shape index (κ2) is 6.85. The molecule has 6 nitrogen and oxygen atoms in total. The highest BCUT2D eigenvalue weighted by atomic mass is 35.5. The van der Waals surface area contributed by atoms with Crippen molar-refractivity contribution in [2.24, 2.45) is 11.5 Å². The highest BCUT2D eigenvalue weighted by molar-refractivity contribution is 6.34. The molecule has 0 unspecified atom stereocenters. The van der Waals surface area contributed by atoms with Crippen LogP contribution in [0.3, 0.4) is 0 Å². The Morgan fingerprint density at radius 1 is 1.23 bits per heavy atom. The van der Waals surface area contributed by atoms with Crippen molar-refractivity contribution in [3.8, 4) is 11.1 Å². The molecule has 0 radical (unpaired) electrons. The van der Waals surface area contributed by atoms with Crippen LogP contribution in [0.25, 0.3) is 11.1 Å². The Morgan fingerprint density at radius 2 is 1.88 bits per heavy atom. The van der Waals surface area contributed by atoms with Crippen molar-refractivity contribution in [2.45, 2.75) is 39.2 Å². The molecule has 2 heterocycles. The van der Waals surface area contributed by atoms with Crippen LogP contribution in [0.5, 0.6) is 0 Å². The number of nitrogens with zero attached hydrogens (tertiary/aromatic N) is 3. The monoisotopic (exact) mass is 373 g/mol. The van der Waals surface area contributed by atoms with E-state index in [1.807, 2.05) is 39.0 Å². The summed E-state index contributed by atoms with van der Waals surface area (Å²) >= 11 is 6.46. The fourth-order valence-corrected chi connectivity index (χ4v) is 3.48. The number of carbonyl (C=O) groups is 1. The van der Waals surface area contributed by atoms with Gasteiger partial charge in [0.2, 0.25) is 5.95 Å². The van der Waals surface area contributed by atoms with Gasteiger partial charge in [0.1, 0.15) is 5.69 Å². The Kier molecular flexibility index (Phi) is 4.90. The molecule has 0 bridgehead atoms. The molecule has 4 N–H and O–H groups in total. The van der Waals surface area contributed by atoms with Crippen LogP contribution in [0.15, 0.2) is 18.2 Å². The molecule has 1 aromatic heterocycles. The first-order valence-corrected chi connectivity index (χ1v) is 9.05. The van der Waals surface area contributed by atoms with Gasteiger partial charge in [0.15, 0.2) is 0 Å². The van der Waals surface area contributed by atoms with E-state index in [4.69, 9.17) is 23.1 Å². The van der Waals surface area contributed by atoms with E-state index < -0.39 is 5.91 Å². The van der Waals surface area contributed by atoms with Gasteiger partial charge in [0.05, 0.1) is 10.7 Å². The van der Waals surface area contributed by atoms with Crippen molar-refractivity contribution in [2.75, 3.05) is 18.0 Å². The minimum absolute atomic E-state index is 0.174. The molecular formula is C19H24ClN5O. The van der Waals surface area contributed by atoms with E-state index >= 15 is 0 Å². The minimum Gasteiger partial charge on any atom is -0.364 e. The topological polar surface area (TPSA) is 98.1 Å². The van der Waals surface area contributed by atoms with Gasteiger partial charge in [-0.15, -0.1) is 0 Å². The van der Waals surface area contributed by atoms with Gasteiger partial charge in [-0.05, 0) is 39.2 Å². The summed E-state index contributed by atoms with van der Waals surface area (Å²) in [6.07, 6.45) is 1.68. The number of hydrogen-bond donors (Lipinski definition) is 2. The van der Waals surface area contributed by atoms with Gasteiger partial charge in [-0.2, -0.15) is 0 Å². The molecule has 3 rings (SSSR count). The first-order valence-electron chi connectivity index (χ1n) is 8.67. The Balaban J connectivity index is 2.08. The number of aromatic nitrogens is 2. The van der Waals surface area contributed by atoms with Crippen LogP contribution in [-0.2, 0) is 0 Å². The SMILES string of the molecule is Cc1cccc(-c2c(C)nc(N3CCC(C)(N)CC3)nc2C(N)=O)c1Cl. The maximum Gasteiger partial charge on any atom is 0.268 e. The van der Waals surface area contributed by atoms with Crippen molar-refractivity contribution < 1.29 is 4.79 Å². The summed E-state index contributed by atoms with van der Waals surface area (Å²) in [6, 6.07) is 5.66. The molecule has 0 spiro atoms. The standard InChI is InChI=1S/C19H24ClN5O/c1-11-5-4-6-13(15(11)20)14-12(2)23-18(24-16(14)17(21)26)25-9-7-19(3,22)8-10-25/h4-6H,7-10,22H2,1-3H3,(H2,21,26). The summed E-state index contributed by atoms with van der Waals surface area (Å²) in [5.41, 5.74) is 14.8. The second-order valence-electron chi connectivity index (χ2n) is 7.27. The van der Waals surface area contributed by atoms with E-state index in [-0.39, 0.29) is 11.2 Å². The Labute approximate surface area is 158 Å². The lowest BCUT2D eigenvalue weighted by atomic mass is 9.91. The predicted octanol–water partition coefficient (Wildman–Crippen LogP) is 2.83. The zero-order valence-corrected chi connectivity index (χ0v) is 16.1. The van der Waals surface area contributed by atoms with Gasteiger partial charge < -0.3 is 16.4 Å². The maximum absolute atomic E-state index is 12.1. The molecule has 7 heteroatoms. The molecule has 26 heavy (non-hydrogen) atoms. The lowest BCUT2D eigenvalue weighted by Crippen LogP contribution is -2.48. The number of primary amides is 1. The summed E-state index contributed by atoms with van der Waals surface area (Å²) in [5, 5.41) is 0.575. The third-order valence-electron chi connectivity index (χ3n) is 4.96. The Morgan fingerprint density at radius 3 is 2.50 bits per heavy atom. The number of nitrogens with two attached hydrogens (primary N) is 2. The van der Waals surface area contributed by atoms with E-state index in [9.17, 15) is 4.79 Å². The van der Waals surface area contributed by atoms with Crippen LogP contribution < -0.4 is 16.4 Å². The van der Waals surface area contributed by atoms with Crippen LogP contribution in [0.2, 0.25) is 5.02 Å². The minimum atomic E-state index is -0.593. The van der Waals surface area contributed by atoms with Crippen LogP contribution in [0.1, 0.15) is 41.5 Å². The zero-order valence-electron chi connectivity index (χ0n) is 15.3. The number of aryl methyl sites for hydroxylation is 2. The summed E-state index contributed by atoms with van der Waals surface area (Å²) in [6.45, 7) is 7.30. The summed E-state index contributed by atoms with van der Waals surface area (Å²) in [4.78, 5) is 23.3. The number of halogens is 1. The van der Waals surface area contributed by atoms with Gasteiger partial charge >= 0.3 is 0 Å². The molecule has 138 valence electrons. The average molecular weight is 374 g/mol.